The number of hydrogen-bond acceptors (Lipinski definition) is 6. The highest BCUT2D eigenvalue weighted by molar-refractivity contribution is 6.02. The van der Waals surface area contributed by atoms with Crippen molar-refractivity contribution in [3.8, 4) is 0 Å². The first-order chi connectivity index (χ1) is 13.9. The summed E-state index contributed by atoms with van der Waals surface area (Å²) in [5, 5.41) is 5.01. The molecule has 152 valence electrons. The second-order valence-electron chi connectivity index (χ2n) is 6.59. The van der Waals surface area contributed by atoms with Gasteiger partial charge in [0.1, 0.15) is 18.7 Å². The summed E-state index contributed by atoms with van der Waals surface area (Å²) < 4.78 is 5.34. The predicted octanol–water partition coefficient (Wildman–Crippen LogP) is 0.121. The Bertz CT molecular complexity index is 866. The average Bonchev–Trinajstić information content (AvgIpc) is 3.23. The van der Waals surface area contributed by atoms with E-state index in [1.54, 1.807) is 0 Å². The van der Waals surface area contributed by atoms with Crippen molar-refractivity contribution >= 4 is 23.8 Å². The van der Waals surface area contributed by atoms with Gasteiger partial charge in [0.2, 0.25) is 11.8 Å². The molecule has 3 N–H and O–H groups in total. The minimum absolute atomic E-state index is 0.0540. The topological polar surface area (TPSA) is 133 Å². The number of aromatic nitrogens is 2. The highest BCUT2D eigenvalue weighted by atomic mass is 16.5. The molecule has 0 spiro atoms. The van der Waals surface area contributed by atoms with Gasteiger partial charge in [0.15, 0.2) is 0 Å². The number of urea groups is 1. The molecule has 4 amide bonds. The van der Waals surface area contributed by atoms with Gasteiger partial charge in [-0.05, 0) is 5.56 Å². The first kappa shape index (κ1) is 20.1. The van der Waals surface area contributed by atoms with Crippen molar-refractivity contribution in [2.75, 3.05) is 7.05 Å². The highest BCUT2D eigenvalue weighted by Gasteiger charge is 2.35. The van der Waals surface area contributed by atoms with Gasteiger partial charge in [-0.25, -0.2) is 14.6 Å². The van der Waals surface area contributed by atoms with Gasteiger partial charge in [0.25, 0.3) is 0 Å². The number of nitrogens with one attached hydrogen (secondary N) is 3. The van der Waals surface area contributed by atoms with E-state index in [0.29, 0.717) is 5.69 Å². The first-order valence-corrected chi connectivity index (χ1v) is 8.99. The third kappa shape index (κ3) is 5.18. The fourth-order valence-electron chi connectivity index (χ4n) is 2.79. The van der Waals surface area contributed by atoms with Crippen molar-refractivity contribution in [2.45, 2.75) is 31.5 Å². The van der Waals surface area contributed by atoms with Gasteiger partial charge in [-0.1, -0.05) is 30.3 Å². The lowest BCUT2D eigenvalue weighted by Gasteiger charge is -2.29. The quantitative estimate of drug-likeness (QED) is 0.567. The molecule has 29 heavy (non-hydrogen) atoms. The van der Waals surface area contributed by atoms with Gasteiger partial charge >= 0.3 is 12.0 Å². The monoisotopic (exact) mass is 399 g/mol. The molecule has 3 rings (SSSR count). The molecular weight excluding hydrogens is 378 g/mol. The molecule has 2 heterocycles. The molecule has 1 aromatic carbocycles. The van der Waals surface area contributed by atoms with Gasteiger partial charge in [0.05, 0.1) is 12.7 Å². The minimum atomic E-state index is -1.06. The lowest BCUT2D eigenvalue weighted by atomic mass is 10.1. The van der Waals surface area contributed by atoms with E-state index in [-0.39, 0.29) is 19.4 Å². The fourth-order valence-corrected chi connectivity index (χ4v) is 2.79. The largest absolute Gasteiger partial charge is 0.459 e. The molecule has 1 saturated heterocycles. The second-order valence-corrected chi connectivity index (χ2v) is 6.59. The summed E-state index contributed by atoms with van der Waals surface area (Å²) in [6, 6.07) is 6.39. The third-order valence-corrected chi connectivity index (χ3v) is 4.48. The van der Waals surface area contributed by atoms with Crippen LogP contribution >= 0.6 is 0 Å². The molecule has 0 aliphatic carbocycles. The summed E-state index contributed by atoms with van der Waals surface area (Å²) in [6.45, 7) is 0.0540. The van der Waals surface area contributed by atoms with E-state index in [1.807, 2.05) is 30.3 Å². The number of imide groups is 1. The Kier molecular flexibility index (Phi) is 6.22. The van der Waals surface area contributed by atoms with Crippen LogP contribution < -0.4 is 10.6 Å². The van der Waals surface area contributed by atoms with Gasteiger partial charge < -0.3 is 20.4 Å². The molecule has 1 fully saturated rings. The zero-order chi connectivity index (χ0) is 20.8. The first-order valence-electron chi connectivity index (χ1n) is 8.99. The average molecular weight is 399 g/mol. The van der Waals surface area contributed by atoms with Crippen LogP contribution in [0.4, 0.5) is 4.79 Å². The Morgan fingerprint density at radius 3 is 2.72 bits per heavy atom. The van der Waals surface area contributed by atoms with Gasteiger partial charge in [0, 0.05) is 25.4 Å². The normalized spacial score (nSPS) is 17.4. The maximum absolute atomic E-state index is 12.6. The fraction of sp³-hybridized carbons (Fsp3) is 0.316. The van der Waals surface area contributed by atoms with Crippen molar-refractivity contribution in [2.24, 2.45) is 0 Å². The molecule has 0 radical (unpaired) electrons. The molecule has 10 nitrogen and oxygen atoms in total. The van der Waals surface area contributed by atoms with Crippen molar-refractivity contribution in [3.63, 3.8) is 0 Å². The van der Waals surface area contributed by atoms with E-state index in [1.165, 1.54) is 19.6 Å². The molecule has 0 bridgehead atoms. The Balaban J connectivity index is 1.66. The van der Waals surface area contributed by atoms with Crippen LogP contribution in [0.15, 0.2) is 42.9 Å². The van der Waals surface area contributed by atoms with E-state index >= 15 is 0 Å². The number of carbonyl (C=O) groups is 4. The maximum Gasteiger partial charge on any atom is 0.329 e. The van der Waals surface area contributed by atoms with Crippen LogP contribution in [-0.2, 0) is 32.1 Å². The van der Waals surface area contributed by atoms with Crippen LogP contribution in [0.3, 0.4) is 0 Å². The van der Waals surface area contributed by atoms with Crippen LogP contribution in [0.25, 0.3) is 0 Å². The summed E-state index contributed by atoms with van der Waals surface area (Å²) in [7, 11) is 1.33. The number of imidazole rings is 1. The molecule has 0 saturated carbocycles. The number of ether oxygens (including phenoxy) is 1. The minimum Gasteiger partial charge on any atom is -0.459 e. The van der Waals surface area contributed by atoms with Gasteiger partial charge in [-0.15, -0.1) is 0 Å². The molecule has 2 aromatic rings. The Morgan fingerprint density at radius 1 is 1.31 bits per heavy atom. The molecule has 1 aliphatic rings. The Labute approximate surface area is 166 Å². The van der Waals surface area contributed by atoms with E-state index in [0.717, 1.165) is 10.5 Å². The van der Waals surface area contributed by atoms with Crippen LogP contribution in [0.1, 0.15) is 17.7 Å². The Morgan fingerprint density at radius 2 is 2.07 bits per heavy atom. The lowest BCUT2D eigenvalue weighted by Crippen LogP contribution is -2.60. The maximum atomic E-state index is 12.6. The number of benzene rings is 1. The predicted molar refractivity (Wildman–Crippen MR) is 100 cm³/mol. The Hall–Kier alpha value is -3.69. The molecular formula is C19H21N5O5. The summed E-state index contributed by atoms with van der Waals surface area (Å²) in [4.78, 5) is 56.5. The lowest BCUT2D eigenvalue weighted by molar-refractivity contribution is -0.149. The SMILES string of the molecule is CN1C(=O)CC(C(=O)N[C@@H](Cc2cnc[nH]2)C(=O)OCc2ccccc2)NC1=O. The zero-order valence-corrected chi connectivity index (χ0v) is 15.8. The van der Waals surface area contributed by atoms with Crippen LogP contribution in [0.2, 0.25) is 0 Å². The van der Waals surface area contributed by atoms with E-state index in [9.17, 15) is 19.2 Å². The number of hydrogen-bond donors (Lipinski definition) is 3. The number of carbonyl (C=O) groups excluding carboxylic acids is 4. The van der Waals surface area contributed by atoms with Gasteiger partial charge in [-0.3, -0.25) is 14.5 Å². The summed E-state index contributed by atoms with van der Waals surface area (Å²) in [5.41, 5.74) is 1.43. The van der Waals surface area contributed by atoms with E-state index in [4.69, 9.17) is 4.74 Å². The van der Waals surface area contributed by atoms with Crippen molar-refractivity contribution in [1.82, 2.24) is 25.5 Å². The molecule has 1 aliphatic heterocycles. The number of amides is 4. The summed E-state index contributed by atoms with van der Waals surface area (Å²) in [6.07, 6.45) is 2.92. The van der Waals surface area contributed by atoms with Gasteiger partial charge in [-0.2, -0.15) is 0 Å². The third-order valence-electron chi connectivity index (χ3n) is 4.48. The van der Waals surface area contributed by atoms with E-state index < -0.39 is 35.9 Å². The highest BCUT2D eigenvalue weighted by Crippen LogP contribution is 2.09. The van der Waals surface area contributed by atoms with E-state index in [2.05, 4.69) is 20.6 Å². The van der Waals surface area contributed by atoms with Crippen molar-refractivity contribution < 1.29 is 23.9 Å². The number of H-pyrrole nitrogens is 1. The number of esters is 1. The number of aromatic amines is 1. The zero-order valence-electron chi connectivity index (χ0n) is 15.8. The van der Waals surface area contributed by atoms with Crippen LogP contribution in [-0.4, -0.2) is 57.8 Å². The second kappa shape index (κ2) is 9.00. The van der Waals surface area contributed by atoms with Crippen molar-refractivity contribution in [3.05, 3.63) is 54.1 Å². The molecule has 1 aromatic heterocycles. The molecule has 2 atom stereocenters. The summed E-state index contributed by atoms with van der Waals surface area (Å²) in [5.74, 6) is -1.76. The summed E-state index contributed by atoms with van der Waals surface area (Å²) >= 11 is 0. The standard InChI is InChI=1S/C19H21N5O5/c1-24-16(25)8-14(23-19(24)28)17(26)22-15(7-13-9-20-11-21-13)18(27)29-10-12-5-3-2-4-6-12/h2-6,9,11,14-15H,7-8,10H2,1H3,(H,20,21)(H,22,26)(H,23,28)/t14?,15-/m0/s1. The molecule has 1 unspecified atom stereocenters. The number of rotatable bonds is 7. The van der Waals surface area contributed by atoms with Crippen LogP contribution in [0.5, 0.6) is 0 Å². The molecule has 10 heteroatoms. The van der Waals surface area contributed by atoms with Crippen molar-refractivity contribution in [1.29, 1.82) is 0 Å². The smallest absolute Gasteiger partial charge is 0.329 e. The number of nitrogens with zero attached hydrogens (tertiary/aromatic N) is 2. The van der Waals surface area contributed by atoms with Crippen LogP contribution in [0, 0.1) is 0 Å².